The Morgan fingerprint density at radius 3 is 2.54 bits per heavy atom. The topological polar surface area (TPSA) is 84.1 Å². The molecule has 1 amide bonds. The zero-order chi connectivity index (χ0) is 16.9. The second-order valence-electron chi connectivity index (χ2n) is 6.17. The van der Waals surface area contributed by atoms with Crippen molar-refractivity contribution in [1.82, 2.24) is 20.2 Å². The smallest absolute Gasteiger partial charge is 0.273 e. The molecule has 1 aliphatic heterocycles. The second-order valence-corrected chi connectivity index (χ2v) is 6.17. The van der Waals surface area contributed by atoms with Crippen molar-refractivity contribution in [2.24, 2.45) is 0 Å². The lowest BCUT2D eigenvalue weighted by Crippen LogP contribution is -2.37. The number of hydrogen-bond acceptors (Lipinski definition) is 5. The van der Waals surface area contributed by atoms with Crippen LogP contribution in [0, 0.1) is 6.92 Å². The van der Waals surface area contributed by atoms with Gasteiger partial charge < -0.3 is 11.1 Å². The Balaban J connectivity index is 1.73. The van der Waals surface area contributed by atoms with Crippen LogP contribution >= 0.6 is 0 Å². The van der Waals surface area contributed by atoms with Gasteiger partial charge in [-0.25, -0.2) is 9.97 Å². The molecule has 1 saturated heterocycles. The lowest BCUT2D eigenvalue weighted by atomic mass is 10.0. The molecule has 126 valence electrons. The summed E-state index contributed by atoms with van der Waals surface area (Å²) in [4.78, 5) is 22.7. The standard InChI is InChI=1S/C18H23N5O/c1-13-4-6-14(7-5-13)15(23-10-2-3-11-23)12-22-18(24)16-17(19)21-9-8-20-16/h4-9,15H,2-3,10-12H2,1H3,(H2,19,21)(H,22,24)/t15-/m0/s1. The number of nitrogens with zero attached hydrogens (tertiary/aromatic N) is 3. The molecule has 2 heterocycles. The third-order valence-corrected chi connectivity index (χ3v) is 4.44. The lowest BCUT2D eigenvalue weighted by molar-refractivity contribution is 0.0933. The molecule has 3 rings (SSSR count). The highest BCUT2D eigenvalue weighted by Crippen LogP contribution is 2.25. The average molecular weight is 325 g/mol. The summed E-state index contributed by atoms with van der Waals surface area (Å²) in [5, 5.41) is 2.97. The molecule has 0 aliphatic carbocycles. The Morgan fingerprint density at radius 1 is 1.21 bits per heavy atom. The van der Waals surface area contributed by atoms with Crippen molar-refractivity contribution in [1.29, 1.82) is 0 Å². The van der Waals surface area contributed by atoms with Crippen LogP contribution in [0.1, 0.15) is 40.5 Å². The minimum atomic E-state index is -0.281. The van der Waals surface area contributed by atoms with Gasteiger partial charge in [0.2, 0.25) is 0 Å². The van der Waals surface area contributed by atoms with E-state index in [0.717, 1.165) is 13.1 Å². The van der Waals surface area contributed by atoms with E-state index in [4.69, 9.17) is 5.73 Å². The van der Waals surface area contributed by atoms with Gasteiger partial charge in [-0.3, -0.25) is 9.69 Å². The molecule has 1 fully saturated rings. The highest BCUT2D eigenvalue weighted by atomic mass is 16.1. The van der Waals surface area contributed by atoms with Crippen LogP contribution in [0.5, 0.6) is 0 Å². The monoisotopic (exact) mass is 325 g/mol. The van der Waals surface area contributed by atoms with Gasteiger partial charge in [0.1, 0.15) is 0 Å². The zero-order valence-corrected chi connectivity index (χ0v) is 13.9. The second kappa shape index (κ2) is 7.40. The van der Waals surface area contributed by atoms with Crippen LogP contribution < -0.4 is 11.1 Å². The number of anilines is 1. The molecule has 6 heteroatoms. The minimum Gasteiger partial charge on any atom is -0.382 e. The number of amides is 1. The van der Waals surface area contributed by atoms with Crippen molar-refractivity contribution >= 4 is 11.7 Å². The van der Waals surface area contributed by atoms with Crippen LogP contribution in [-0.4, -0.2) is 40.4 Å². The fourth-order valence-electron chi connectivity index (χ4n) is 3.10. The Labute approximate surface area is 142 Å². The van der Waals surface area contributed by atoms with Crippen LogP contribution in [0.4, 0.5) is 5.82 Å². The summed E-state index contributed by atoms with van der Waals surface area (Å²) >= 11 is 0. The van der Waals surface area contributed by atoms with E-state index < -0.39 is 0 Å². The predicted octanol–water partition coefficient (Wildman–Crippen LogP) is 1.93. The van der Waals surface area contributed by atoms with E-state index in [2.05, 4.69) is 51.4 Å². The fraction of sp³-hybridized carbons (Fsp3) is 0.389. The highest BCUT2D eigenvalue weighted by molar-refractivity contribution is 5.96. The van der Waals surface area contributed by atoms with E-state index in [0.29, 0.717) is 6.54 Å². The molecule has 0 unspecified atom stereocenters. The van der Waals surface area contributed by atoms with E-state index in [1.165, 1.54) is 36.4 Å². The van der Waals surface area contributed by atoms with Crippen molar-refractivity contribution in [3.05, 3.63) is 53.5 Å². The molecular weight excluding hydrogens is 302 g/mol. The van der Waals surface area contributed by atoms with Crippen molar-refractivity contribution in [3.8, 4) is 0 Å². The van der Waals surface area contributed by atoms with Crippen molar-refractivity contribution in [2.45, 2.75) is 25.8 Å². The summed E-state index contributed by atoms with van der Waals surface area (Å²) in [6, 6.07) is 8.67. The van der Waals surface area contributed by atoms with Crippen LogP contribution in [-0.2, 0) is 0 Å². The molecule has 24 heavy (non-hydrogen) atoms. The number of likely N-dealkylation sites (tertiary alicyclic amines) is 1. The molecule has 6 nitrogen and oxygen atoms in total. The summed E-state index contributed by atoms with van der Waals surface area (Å²) in [5.74, 6) is -0.125. The first-order valence-corrected chi connectivity index (χ1v) is 8.30. The third kappa shape index (κ3) is 3.71. The van der Waals surface area contributed by atoms with Crippen molar-refractivity contribution in [2.75, 3.05) is 25.4 Å². The number of nitrogens with one attached hydrogen (secondary N) is 1. The van der Waals surface area contributed by atoms with Gasteiger partial charge in [0.25, 0.3) is 5.91 Å². The van der Waals surface area contributed by atoms with Gasteiger partial charge in [0.05, 0.1) is 6.04 Å². The number of aryl methyl sites for hydroxylation is 1. The molecule has 3 N–H and O–H groups in total. The van der Waals surface area contributed by atoms with E-state index in [-0.39, 0.29) is 23.5 Å². The number of aromatic nitrogens is 2. The molecule has 0 bridgehead atoms. The van der Waals surface area contributed by atoms with Crippen molar-refractivity contribution < 1.29 is 4.79 Å². The average Bonchev–Trinajstić information content (AvgIpc) is 3.11. The molecule has 1 aromatic carbocycles. The minimum absolute atomic E-state index is 0.156. The Hall–Kier alpha value is -2.47. The Bertz CT molecular complexity index is 695. The number of nitrogen functional groups attached to an aromatic ring is 1. The maximum absolute atomic E-state index is 12.4. The summed E-state index contributed by atoms with van der Waals surface area (Å²) in [6.07, 6.45) is 5.36. The molecule has 1 aliphatic rings. The Morgan fingerprint density at radius 2 is 1.88 bits per heavy atom. The summed E-state index contributed by atoms with van der Waals surface area (Å²) in [5.41, 5.74) is 8.36. The van der Waals surface area contributed by atoms with Gasteiger partial charge in [0.15, 0.2) is 11.5 Å². The van der Waals surface area contributed by atoms with Gasteiger partial charge in [-0.2, -0.15) is 0 Å². The van der Waals surface area contributed by atoms with Gasteiger partial charge in [0, 0.05) is 18.9 Å². The molecule has 1 aromatic heterocycles. The number of benzene rings is 1. The van der Waals surface area contributed by atoms with Crippen LogP contribution in [0.2, 0.25) is 0 Å². The van der Waals surface area contributed by atoms with Gasteiger partial charge in [-0.15, -0.1) is 0 Å². The molecule has 0 saturated carbocycles. The van der Waals surface area contributed by atoms with Crippen molar-refractivity contribution in [3.63, 3.8) is 0 Å². The summed E-state index contributed by atoms with van der Waals surface area (Å²) < 4.78 is 0. The lowest BCUT2D eigenvalue weighted by Gasteiger charge is -2.28. The first-order chi connectivity index (χ1) is 11.6. The van der Waals surface area contributed by atoms with E-state index in [1.54, 1.807) is 0 Å². The van der Waals surface area contributed by atoms with Crippen LogP contribution in [0.25, 0.3) is 0 Å². The number of nitrogens with two attached hydrogens (primary N) is 1. The SMILES string of the molecule is Cc1ccc([C@H](CNC(=O)c2nccnc2N)N2CCCC2)cc1. The quantitative estimate of drug-likeness (QED) is 0.877. The van der Waals surface area contributed by atoms with E-state index in [1.807, 2.05) is 0 Å². The molecule has 0 spiro atoms. The Kier molecular flexibility index (Phi) is 5.05. The maximum atomic E-state index is 12.4. The third-order valence-electron chi connectivity index (χ3n) is 4.44. The molecule has 0 radical (unpaired) electrons. The fourth-order valence-corrected chi connectivity index (χ4v) is 3.10. The van der Waals surface area contributed by atoms with Crippen LogP contribution in [0.15, 0.2) is 36.7 Å². The highest BCUT2D eigenvalue weighted by Gasteiger charge is 2.24. The van der Waals surface area contributed by atoms with Crippen LogP contribution in [0.3, 0.4) is 0 Å². The normalized spacial score (nSPS) is 16.0. The molecule has 2 aromatic rings. The number of carbonyl (C=O) groups is 1. The maximum Gasteiger partial charge on any atom is 0.273 e. The van der Waals surface area contributed by atoms with E-state index >= 15 is 0 Å². The van der Waals surface area contributed by atoms with Gasteiger partial charge >= 0.3 is 0 Å². The largest absolute Gasteiger partial charge is 0.382 e. The zero-order valence-electron chi connectivity index (χ0n) is 13.9. The number of carbonyl (C=O) groups excluding carboxylic acids is 1. The number of rotatable bonds is 5. The summed E-state index contributed by atoms with van der Waals surface area (Å²) in [6.45, 7) is 4.72. The first-order valence-electron chi connectivity index (χ1n) is 8.30. The van der Waals surface area contributed by atoms with E-state index in [9.17, 15) is 4.79 Å². The van der Waals surface area contributed by atoms with Gasteiger partial charge in [-0.05, 0) is 38.4 Å². The van der Waals surface area contributed by atoms with Gasteiger partial charge in [-0.1, -0.05) is 29.8 Å². The molecule has 1 atom stereocenters. The first kappa shape index (κ1) is 16.4. The summed E-state index contributed by atoms with van der Waals surface area (Å²) in [7, 11) is 0. The number of hydrogen-bond donors (Lipinski definition) is 2. The predicted molar refractivity (Wildman–Crippen MR) is 93.5 cm³/mol. The molecular formula is C18H23N5O.